The van der Waals surface area contributed by atoms with Gasteiger partial charge < -0.3 is 9.47 Å². The molecule has 0 amide bonds. The summed E-state index contributed by atoms with van der Waals surface area (Å²) in [7, 11) is 1.67. The zero-order chi connectivity index (χ0) is 15.2. The van der Waals surface area contributed by atoms with Crippen LogP contribution in [0, 0.1) is 0 Å². The van der Waals surface area contributed by atoms with Crippen molar-refractivity contribution in [3.8, 4) is 11.5 Å². The molecule has 0 aromatic heterocycles. The predicted molar refractivity (Wildman–Crippen MR) is 87.5 cm³/mol. The Kier molecular flexibility index (Phi) is 5.51. The van der Waals surface area contributed by atoms with Crippen LogP contribution in [0.2, 0.25) is 0 Å². The van der Waals surface area contributed by atoms with E-state index in [9.17, 15) is 0 Å². The van der Waals surface area contributed by atoms with E-state index in [1.54, 1.807) is 7.11 Å². The van der Waals surface area contributed by atoms with E-state index < -0.39 is 0 Å². The van der Waals surface area contributed by atoms with Crippen molar-refractivity contribution in [3.05, 3.63) is 59.7 Å². The van der Waals surface area contributed by atoms with E-state index in [0.717, 1.165) is 29.0 Å². The van der Waals surface area contributed by atoms with Gasteiger partial charge in [0.15, 0.2) is 0 Å². The van der Waals surface area contributed by atoms with E-state index in [0.29, 0.717) is 0 Å². The second-order valence-corrected chi connectivity index (χ2v) is 5.79. The topological polar surface area (TPSA) is 18.5 Å². The molecule has 0 spiro atoms. The summed E-state index contributed by atoms with van der Waals surface area (Å²) < 4.78 is 11.0. The first-order chi connectivity index (χ1) is 10.1. The zero-order valence-corrected chi connectivity index (χ0v) is 13.4. The van der Waals surface area contributed by atoms with Crippen LogP contribution in [-0.2, 0) is 6.42 Å². The molecule has 0 bridgehead atoms. The lowest BCUT2D eigenvalue weighted by atomic mass is 10.0. The average molecular weight is 305 g/mol. The van der Waals surface area contributed by atoms with Crippen LogP contribution in [0.5, 0.6) is 11.5 Å². The fourth-order valence-corrected chi connectivity index (χ4v) is 2.49. The van der Waals surface area contributed by atoms with Crippen molar-refractivity contribution in [2.45, 2.75) is 31.7 Å². The molecule has 0 N–H and O–H groups in total. The fourth-order valence-electron chi connectivity index (χ4n) is 2.18. The van der Waals surface area contributed by atoms with Gasteiger partial charge in [-0.1, -0.05) is 24.3 Å². The van der Waals surface area contributed by atoms with E-state index in [4.69, 9.17) is 21.1 Å². The number of rotatable bonds is 6. The lowest BCUT2D eigenvalue weighted by Crippen LogP contribution is -2.06. The van der Waals surface area contributed by atoms with Gasteiger partial charge >= 0.3 is 0 Å². The highest BCUT2D eigenvalue weighted by atomic mass is 35.5. The summed E-state index contributed by atoms with van der Waals surface area (Å²) in [5, 5.41) is -0.0900. The second-order valence-electron chi connectivity index (χ2n) is 5.26. The van der Waals surface area contributed by atoms with Gasteiger partial charge in [-0.25, -0.2) is 0 Å². The van der Waals surface area contributed by atoms with Gasteiger partial charge in [0.25, 0.3) is 0 Å². The number of hydrogen-bond acceptors (Lipinski definition) is 2. The van der Waals surface area contributed by atoms with Crippen molar-refractivity contribution in [2.75, 3.05) is 7.11 Å². The Morgan fingerprint density at radius 3 is 2.43 bits per heavy atom. The van der Waals surface area contributed by atoms with Gasteiger partial charge in [0.05, 0.1) is 18.6 Å². The third-order valence-electron chi connectivity index (χ3n) is 3.14. The fraction of sp³-hybridized carbons (Fsp3) is 0.333. The summed E-state index contributed by atoms with van der Waals surface area (Å²) >= 11 is 6.55. The van der Waals surface area contributed by atoms with Crippen molar-refractivity contribution in [3.63, 3.8) is 0 Å². The first-order valence-electron chi connectivity index (χ1n) is 7.12. The summed E-state index contributed by atoms with van der Waals surface area (Å²) in [6.45, 7) is 4.03. The Morgan fingerprint density at radius 2 is 1.71 bits per heavy atom. The molecule has 0 fully saturated rings. The van der Waals surface area contributed by atoms with Gasteiger partial charge in [0, 0.05) is 0 Å². The van der Waals surface area contributed by atoms with Gasteiger partial charge in [0.2, 0.25) is 0 Å². The largest absolute Gasteiger partial charge is 0.497 e. The summed E-state index contributed by atoms with van der Waals surface area (Å²) in [6, 6.07) is 16.0. The maximum Gasteiger partial charge on any atom is 0.120 e. The number of methoxy groups -OCH3 is 1. The molecule has 0 aliphatic heterocycles. The molecule has 112 valence electrons. The molecule has 0 radical (unpaired) electrons. The van der Waals surface area contributed by atoms with Crippen molar-refractivity contribution in [1.29, 1.82) is 0 Å². The highest BCUT2D eigenvalue weighted by molar-refractivity contribution is 6.20. The van der Waals surface area contributed by atoms with E-state index >= 15 is 0 Å². The van der Waals surface area contributed by atoms with Gasteiger partial charge in [-0.3, -0.25) is 0 Å². The zero-order valence-electron chi connectivity index (χ0n) is 12.7. The Bertz CT molecular complexity index is 581. The quantitative estimate of drug-likeness (QED) is 0.699. The van der Waals surface area contributed by atoms with Crippen LogP contribution in [0.1, 0.15) is 30.4 Å². The van der Waals surface area contributed by atoms with Crippen LogP contribution in [0.4, 0.5) is 0 Å². The van der Waals surface area contributed by atoms with Gasteiger partial charge in [-0.05, 0) is 55.7 Å². The average Bonchev–Trinajstić information content (AvgIpc) is 2.47. The minimum Gasteiger partial charge on any atom is -0.497 e. The summed E-state index contributed by atoms with van der Waals surface area (Å²) in [6.07, 6.45) is 0.913. The molecular weight excluding hydrogens is 284 g/mol. The van der Waals surface area contributed by atoms with E-state index in [-0.39, 0.29) is 11.5 Å². The number of benzene rings is 2. The maximum absolute atomic E-state index is 6.55. The van der Waals surface area contributed by atoms with Gasteiger partial charge in [-0.15, -0.1) is 11.6 Å². The van der Waals surface area contributed by atoms with Crippen LogP contribution in [0.25, 0.3) is 0 Å². The lowest BCUT2D eigenvalue weighted by molar-refractivity contribution is 0.242. The standard InChI is InChI=1S/C18H21ClO2/c1-13(2)21-17-9-5-7-15(12-17)18(19)11-14-6-4-8-16(10-14)20-3/h4-10,12-13,18H,11H2,1-3H3. The highest BCUT2D eigenvalue weighted by Crippen LogP contribution is 2.29. The molecule has 0 saturated heterocycles. The number of ether oxygens (including phenoxy) is 2. The maximum atomic E-state index is 6.55. The van der Waals surface area contributed by atoms with Crippen molar-refractivity contribution < 1.29 is 9.47 Å². The van der Waals surface area contributed by atoms with Crippen LogP contribution in [-0.4, -0.2) is 13.2 Å². The molecule has 3 heteroatoms. The predicted octanol–water partition coefficient (Wildman–Crippen LogP) is 5.01. The number of halogens is 1. The first kappa shape index (κ1) is 15.7. The Morgan fingerprint density at radius 1 is 1.00 bits per heavy atom. The smallest absolute Gasteiger partial charge is 0.120 e. The first-order valence-corrected chi connectivity index (χ1v) is 7.55. The van der Waals surface area contributed by atoms with Gasteiger partial charge in [-0.2, -0.15) is 0 Å². The van der Waals surface area contributed by atoms with E-state index in [2.05, 4.69) is 6.07 Å². The molecule has 2 rings (SSSR count). The third kappa shape index (κ3) is 4.68. The Labute approximate surface area is 131 Å². The van der Waals surface area contributed by atoms with E-state index in [1.165, 1.54) is 0 Å². The minimum absolute atomic E-state index is 0.0900. The molecule has 1 atom stereocenters. The second kappa shape index (κ2) is 7.37. The van der Waals surface area contributed by atoms with Gasteiger partial charge in [0.1, 0.15) is 11.5 Å². The van der Waals surface area contributed by atoms with Crippen LogP contribution < -0.4 is 9.47 Å². The summed E-state index contributed by atoms with van der Waals surface area (Å²) in [5.41, 5.74) is 2.22. The van der Waals surface area contributed by atoms with Crippen LogP contribution in [0.3, 0.4) is 0 Å². The summed E-state index contributed by atoms with van der Waals surface area (Å²) in [5.74, 6) is 1.71. The molecule has 0 saturated carbocycles. The Balaban J connectivity index is 2.10. The molecule has 0 aliphatic rings. The monoisotopic (exact) mass is 304 g/mol. The molecule has 1 unspecified atom stereocenters. The highest BCUT2D eigenvalue weighted by Gasteiger charge is 2.11. The molecule has 0 heterocycles. The molecule has 21 heavy (non-hydrogen) atoms. The minimum atomic E-state index is -0.0900. The molecule has 2 aromatic rings. The lowest BCUT2D eigenvalue weighted by Gasteiger charge is -2.14. The van der Waals surface area contributed by atoms with Crippen LogP contribution >= 0.6 is 11.6 Å². The summed E-state index contributed by atoms with van der Waals surface area (Å²) in [4.78, 5) is 0. The SMILES string of the molecule is COc1cccc(CC(Cl)c2cccc(OC(C)C)c2)c1. The number of hydrogen-bond donors (Lipinski definition) is 0. The van der Waals surface area contributed by atoms with E-state index in [1.807, 2.05) is 56.3 Å². The number of alkyl halides is 1. The molecular formula is C18H21ClO2. The van der Waals surface area contributed by atoms with Crippen molar-refractivity contribution in [2.24, 2.45) is 0 Å². The molecule has 0 aliphatic carbocycles. The molecule has 2 aromatic carbocycles. The van der Waals surface area contributed by atoms with Crippen LogP contribution in [0.15, 0.2) is 48.5 Å². The van der Waals surface area contributed by atoms with Crippen molar-refractivity contribution >= 4 is 11.6 Å². The normalized spacial score (nSPS) is 12.2. The molecule has 2 nitrogen and oxygen atoms in total. The Hall–Kier alpha value is -1.67. The third-order valence-corrected chi connectivity index (χ3v) is 3.55. The van der Waals surface area contributed by atoms with Crippen molar-refractivity contribution in [1.82, 2.24) is 0 Å².